The molecule has 2 heterocycles. The first-order chi connectivity index (χ1) is 11.3. The molecule has 2 rings (SSSR count). The second-order valence-electron chi connectivity index (χ2n) is 4.98. The lowest BCUT2D eigenvalue weighted by Crippen LogP contribution is -2.38. The van der Waals surface area contributed by atoms with E-state index in [0.717, 1.165) is 0 Å². The van der Waals surface area contributed by atoms with E-state index in [4.69, 9.17) is 4.74 Å². The van der Waals surface area contributed by atoms with E-state index in [9.17, 15) is 26.8 Å². The molecule has 1 fully saturated rings. The number of amides is 1. The van der Waals surface area contributed by atoms with E-state index in [1.165, 1.54) is 18.3 Å². The number of carbonyl (C=O) groups excluding carboxylic acids is 2. The number of aromatic nitrogens is 1. The molecule has 1 aromatic heterocycles. The fourth-order valence-electron chi connectivity index (χ4n) is 2.11. The van der Waals surface area contributed by atoms with Crippen molar-refractivity contribution in [2.75, 3.05) is 18.1 Å². The highest BCUT2D eigenvalue weighted by atomic mass is 32.2. The Labute approximate surface area is 141 Å². The Hall–Kier alpha value is -1.75. The normalized spacial score (nSPS) is 19.2. The van der Waals surface area contributed by atoms with Crippen molar-refractivity contribution in [2.45, 2.75) is 23.2 Å². The molecule has 1 aliphatic rings. The molecule has 1 aromatic rings. The summed E-state index contributed by atoms with van der Waals surface area (Å²) in [4.78, 5) is 27.3. The van der Waals surface area contributed by atoms with Gasteiger partial charge in [-0.1, -0.05) is 0 Å². The van der Waals surface area contributed by atoms with Crippen molar-refractivity contribution in [3.63, 3.8) is 0 Å². The topological polar surface area (TPSA) is 102 Å². The van der Waals surface area contributed by atoms with Gasteiger partial charge in [-0.05, 0) is 30.3 Å². The van der Waals surface area contributed by atoms with Gasteiger partial charge in [0.2, 0.25) is 0 Å². The SMILES string of the molecule is O=C(COC(=O)c1cccnc1SC(F)F)N[C@H]1CCS(=O)(=O)C1. The zero-order chi connectivity index (χ0) is 17.7. The van der Waals surface area contributed by atoms with Crippen LogP contribution in [0.4, 0.5) is 8.78 Å². The monoisotopic (exact) mass is 380 g/mol. The average molecular weight is 380 g/mol. The Bertz CT molecular complexity index is 727. The molecule has 1 aliphatic heterocycles. The van der Waals surface area contributed by atoms with E-state index in [1.807, 2.05) is 0 Å². The molecule has 0 spiro atoms. The molecule has 0 radical (unpaired) electrons. The summed E-state index contributed by atoms with van der Waals surface area (Å²) in [5.74, 6) is -4.51. The molecule has 0 aromatic carbocycles. The number of esters is 1. The Kier molecular flexibility index (Phi) is 6.10. The number of hydrogen-bond donors (Lipinski definition) is 1. The molecule has 0 aliphatic carbocycles. The number of nitrogens with one attached hydrogen (secondary N) is 1. The number of pyridine rings is 1. The van der Waals surface area contributed by atoms with E-state index in [-0.39, 0.29) is 33.9 Å². The van der Waals surface area contributed by atoms with Crippen LogP contribution in [-0.4, -0.2) is 55.2 Å². The first-order valence-corrected chi connectivity index (χ1v) is 9.53. The van der Waals surface area contributed by atoms with Crippen molar-refractivity contribution in [3.8, 4) is 0 Å². The van der Waals surface area contributed by atoms with Crippen LogP contribution in [-0.2, 0) is 19.4 Å². The van der Waals surface area contributed by atoms with Crippen LogP contribution in [0.15, 0.2) is 23.4 Å². The van der Waals surface area contributed by atoms with Gasteiger partial charge in [0, 0.05) is 12.2 Å². The van der Waals surface area contributed by atoms with Gasteiger partial charge in [-0.15, -0.1) is 0 Å². The lowest BCUT2D eigenvalue weighted by atomic mass is 10.2. The van der Waals surface area contributed by atoms with E-state index in [0.29, 0.717) is 6.42 Å². The van der Waals surface area contributed by atoms with E-state index in [2.05, 4.69) is 10.3 Å². The third-order valence-electron chi connectivity index (χ3n) is 3.12. The maximum atomic E-state index is 12.4. The van der Waals surface area contributed by atoms with Gasteiger partial charge in [0.1, 0.15) is 5.03 Å². The summed E-state index contributed by atoms with van der Waals surface area (Å²) in [5, 5.41) is 2.26. The second-order valence-corrected chi connectivity index (χ2v) is 8.19. The number of ether oxygens (including phenoxy) is 1. The third-order valence-corrected chi connectivity index (χ3v) is 5.62. The zero-order valence-corrected chi connectivity index (χ0v) is 13.9. The van der Waals surface area contributed by atoms with Gasteiger partial charge in [-0.25, -0.2) is 18.2 Å². The summed E-state index contributed by atoms with van der Waals surface area (Å²) >= 11 is 0.101. The number of sulfone groups is 1. The highest BCUT2D eigenvalue weighted by Gasteiger charge is 2.29. The predicted molar refractivity (Wildman–Crippen MR) is 81.6 cm³/mol. The summed E-state index contributed by atoms with van der Waals surface area (Å²) in [6.45, 7) is -0.636. The van der Waals surface area contributed by atoms with Crippen molar-refractivity contribution in [2.24, 2.45) is 0 Å². The van der Waals surface area contributed by atoms with Crippen LogP contribution in [0, 0.1) is 0 Å². The van der Waals surface area contributed by atoms with Gasteiger partial charge in [0.05, 0.1) is 17.1 Å². The lowest BCUT2D eigenvalue weighted by molar-refractivity contribution is -0.124. The van der Waals surface area contributed by atoms with Gasteiger partial charge in [0.25, 0.3) is 11.7 Å². The van der Waals surface area contributed by atoms with Gasteiger partial charge in [-0.2, -0.15) is 8.78 Å². The summed E-state index contributed by atoms with van der Waals surface area (Å²) in [5.41, 5.74) is -0.168. The second kappa shape index (κ2) is 7.88. The Morgan fingerprint density at radius 2 is 2.21 bits per heavy atom. The van der Waals surface area contributed by atoms with Crippen molar-refractivity contribution in [1.82, 2.24) is 10.3 Å². The number of rotatable bonds is 6. The fraction of sp³-hybridized carbons (Fsp3) is 0.462. The molecular weight excluding hydrogens is 366 g/mol. The van der Waals surface area contributed by atoms with Gasteiger partial charge < -0.3 is 10.1 Å². The van der Waals surface area contributed by atoms with Crippen LogP contribution < -0.4 is 5.32 Å². The number of carbonyl (C=O) groups is 2. The molecular formula is C13H14F2N2O5S2. The number of hydrogen-bond acceptors (Lipinski definition) is 7. The van der Waals surface area contributed by atoms with Crippen molar-refractivity contribution >= 4 is 33.5 Å². The molecule has 0 saturated carbocycles. The summed E-state index contributed by atoms with van der Waals surface area (Å²) < 4.78 is 52.2. The Balaban J connectivity index is 1.88. The minimum Gasteiger partial charge on any atom is -0.452 e. The smallest absolute Gasteiger partial charge is 0.341 e. The standard InChI is InChI=1S/C13H14F2N2O5S2/c14-13(15)23-11-9(2-1-4-16-11)12(19)22-6-10(18)17-8-3-5-24(20,21)7-8/h1-2,4,8,13H,3,5-7H2,(H,17,18)/t8-/m0/s1. The molecule has 132 valence electrons. The predicted octanol–water partition coefficient (Wildman–Crippen LogP) is 0.856. The number of alkyl halides is 2. The minimum atomic E-state index is -3.14. The quantitative estimate of drug-likeness (QED) is 0.577. The maximum absolute atomic E-state index is 12.4. The highest BCUT2D eigenvalue weighted by molar-refractivity contribution is 7.99. The van der Waals surface area contributed by atoms with Crippen LogP contribution in [0.25, 0.3) is 0 Å². The van der Waals surface area contributed by atoms with Crippen LogP contribution in [0.2, 0.25) is 0 Å². The van der Waals surface area contributed by atoms with E-state index >= 15 is 0 Å². The highest BCUT2D eigenvalue weighted by Crippen LogP contribution is 2.26. The van der Waals surface area contributed by atoms with Crippen LogP contribution in [0.1, 0.15) is 16.8 Å². The van der Waals surface area contributed by atoms with Gasteiger partial charge in [-0.3, -0.25) is 4.79 Å². The number of thioether (sulfide) groups is 1. The first kappa shape index (κ1) is 18.6. The molecule has 1 N–H and O–H groups in total. The summed E-state index contributed by atoms with van der Waals surface area (Å²) in [6, 6.07) is 2.14. The summed E-state index contributed by atoms with van der Waals surface area (Å²) in [7, 11) is -3.14. The fourth-order valence-corrected chi connectivity index (χ4v) is 4.35. The largest absolute Gasteiger partial charge is 0.452 e. The molecule has 1 atom stereocenters. The molecule has 11 heteroatoms. The minimum absolute atomic E-state index is 0.00162. The molecule has 1 saturated heterocycles. The van der Waals surface area contributed by atoms with Crippen molar-refractivity contribution in [1.29, 1.82) is 0 Å². The van der Waals surface area contributed by atoms with Crippen LogP contribution in [0.3, 0.4) is 0 Å². The molecule has 7 nitrogen and oxygen atoms in total. The number of nitrogens with zero attached hydrogens (tertiary/aromatic N) is 1. The van der Waals surface area contributed by atoms with Crippen molar-refractivity contribution < 1.29 is 31.5 Å². The van der Waals surface area contributed by atoms with Gasteiger partial charge in [0.15, 0.2) is 16.4 Å². The van der Waals surface area contributed by atoms with E-state index < -0.39 is 40.1 Å². The maximum Gasteiger partial charge on any atom is 0.341 e. The molecule has 24 heavy (non-hydrogen) atoms. The van der Waals surface area contributed by atoms with E-state index in [1.54, 1.807) is 0 Å². The average Bonchev–Trinajstić information content (AvgIpc) is 2.83. The van der Waals surface area contributed by atoms with Gasteiger partial charge >= 0.3 is 5.97 Å². The molecule has 0 unspecified atom stereocenters. The molecule has 0 bridgehead atoms. The number of halogens is 2. The Morgan fingerprint density at radius 1 is 1.46 bits per heavy atom. The zero-order valence-electron chi connectivity index (χ0n) is 12.3. The van der Waals surface area contributed by atoms with Crippen LogP contribution >= 0.6 is 11.8 Å². The Morgan fingerprint density at radius 3 is 2.83 bits per heavy atom. The third kappa shape index (κ3) is 5.41. The lowest BCUT2D eigenvalue weighted by Gasteiger charge is -2.11. The molecule has 1 amide bonds. The first-order valence-electron chi connectivity index (χ1n) is 6.83. The van der Waals surface area contributed by atoms with Crippen LogP contribution in [0.5, 0.6) is 0 Å². The van der Waals surface area contributed by atoms with Crippen molar-refractivity contribution in [3.05, 3.63) is 23.9 Å². The summed E-state index contributed by atoms with van der Waals surface area (Å²) in [6.07, 6.45) is 1.56.